The molecular weight excluding hydrogens is 400 g/mol. The van der Waals surface area contributed by atoms with Crippen LogP contribution in [0.15, 0.2) is 29.8 Å². The molecule has 0 aromatic heterocycles. The zero-order chi connectivity index (χ0) is 20.6. The fraction of sp³-hybridized carbons (Fsp3) is 0.550. The highest BCUT2D eigenvalue weighted by Gasteiger charge is 2.19. The fourth-order valence-electron chi connectivity index (χ4n) is 3.26. The van der Waals surface area contributed by atoms with Crippen LogP contribution in [-0.2, 0) is 14.8 Å². The number of carbonyl (C=O) groups is 1. The lowest BCUT2D eigenvalue weighted by atomic mass is 9.97. The Morgan fingerprint density at radius 2 is 2.11 bits per heavy atom. The molecule has 0 fully saturated rings. The lowest BCUT2D eigenvalue weighted by Gasteiger charge is -2.23. The summed E-state index contributed by atoms with van der Waals surface area (Å²) in [5.41, 5.74) is 1.88. The number of hydrogen-bond acceptors (Lipinski definition) is 4. The number of rotatable bonds is 10. The molecule has 0 radical (unpaired) electrons. The van der Waals surface area contributed by atoms with Crippen LogP contribution in [-0.4, -0.2) is 40.8 Å². The van der Waals surface area contributed by atoms with Gasteiger partial charge in [-0.15, -0.1) is 0 Å². The Labute approximate surface area is 172 Å². The summed E-state index contributed by atoms with van der Waals surface area (Å²) in [6.07, 6.45) is 9.76. The molecule has 156 valence electrons. The fourth-order valence-corrected chi connectivity index (χ4v) is 4.47. The molecule has 0 bridgehead atoms. The minimum absolute atomic E-state index is 0.0578. The Morgan fingerprint density at radius 3 is 2.71 bits per heavy atom. The molecule has 1 aromatic rings. The molecule has 0 spiro atoms. The standard InChI is InChI=1S/C20H29ClN2O4S/c1-27-19-11-10-17(15-18(19)21)23(28(2,25)26)14-6-9-20(24)22-13-12-16-7-4-3-5-8-16/h7,10-11,15H,3-6,8-9,12-14H2,1-2H3,(H,22,24). The molecule has 1 aliphatic rings. The Bertz CT molecular complexity index is 808. The van der Waals surface area contributed by atoms with E-state index in [1.165, 1.54) is 29.8 Å². The number of sulfonamides is 1. The van der Waals surface area contributed by atoms with Gasteiger partial charge in [-0.25, -0.2) is 8.42 Å². The van der Waals surface area contributed by atoms with Crippen LogP contribution < -0.4 is 14.4 Å². The maximum absolute atomic E-state index is 12.2. The van der Waals surface area contributed by atoms with E-state index < -0.39 is 10.0 Å². The van der Waals surface area contributed by atoms with E-state index in [-0.39, 0.29) is 18.9 Å². The molecule has 1 N–H and O–H groups in total. The van der Waals surface area contributed by atoms with Crippen molar-refractivity contribution in [2.45, 2.75) is 44.9 Å². The van der Waals surface area contributed by atoms with Crippen LogP contribution >= 0.6 is 11.6 Å². The van der Waals surface area contributed by atoms with Crippen LogP contribution in [0.1, 0.15) is 44.9 Å². The maximum atomic E-state index is 12.2. The molecule has 28 heavy (non-hydrogen) atoms. The summed E-state index contributed by atoms with van der Waals surface area (Å²) in [5, 5.41) is 3.26. The summed E-state index contributed by atoms with van der Waals surface area (Å²) in [4.78, 5) is 12.1. The van der Waals surface area contributed by atoms with Crippen molar-refractivity contribution in [2.24, 2.45) is 0 Å². The quantitative estimate of drug-likeness (QED) is 0.573. The van der Waals surface area contributed by atoms with E-state index >= 15 is 0 Å². The first-order valence-corrected chi connectivity index (χ1v) is 11.8. The van der Waals surface area contributed by atoms with Crippen molar-refractivity contribution < 1.29 is 17.9 Å². The summed E-state index contributed by atoms with van der Waals surface area (Å²) in [5.74, 6) is 0.420. The zero-order valence-corrected chi connectivity index (χ0v) is 18.1. The molecule has 0 saturated heterocycles. The number of halogens is 1. The average Bonchev–Trinajstić information content (AvgIpc) is 2.65. The summed E-state index contributed by atoms with van der Waals surface area (Å²) < 4.78 is 30.7. The lowest BCUT2D eigenvalue weighted by Crippen LogP contribution is -2.32. The highest BCUT2D eigenvalue weighted by Crippen LogP contribution is 2.30. The number of ether oxygens (including phenoxy) is 1. The highest BCUT2D eigenvalue weighted by molar-refractivity contribution is 7.92. The van der Waals surface area contributed by atoms with E-state index in [0.717, 1.165) is 25.5 Å². The number of methoxy groups -OCH3 is 1. The van der Waals surface area contributed by atoms with Crippen molar-refractivity contribution in [2.75, 3.05) is 30.8 Å². The van der Waals surface area contributed by atoms with Crippen molar-refractivity contribution >= 4 is 33.2 Å². The van der Waals surface area contributed by atoms with Gasteiger partial charge in [0.15, 0.2) is 0 Å². The lowest BCUT2D eigenvalue weighted by molar-refractivity contribution is -0.121. The normalized spacial score (nSPS) is 14.3. The van der Waals surface area contributed by atoms with E-state index in [2.05, 4.69) is 11.4 Å². The van der Waals surface area contributed by atoms with E-state index in [4.69, 9.17) is 16.3 Å². The Balaban J connectivity index is 1.84. The van der Waals surface area contributed by atoms with Gasteiger partial charge in [-0.3, -0.25) is 9.10 Å². The van der Waals surface area contributed by atoms with E-state index in [9.17, 15) is 13.2 Å². The van der Waals surface area contributed by atoms with Gasteiger partial charge in [0.05, 0.1) is 24.1 Å². The molecule has 0 aliphatic heterocycles. The minimum atomic E-state index is -3.49. The van der Waals surface area contributed by atoms with Crippen LogP contribution in [0.2, 0.25) is 5.02 Å². The Kier molecular flexibility index (Phi) is 8.63. The second-order valence-electron chi connectivity index (χ2n) is 6.97. The maximum Gasteiger partial charge on any atom is 0.232 e. The third-order valence-corrected chi connectivity index (χ3v) is 6.23. The topological polar surface area (TPSA) is 75.7 Å². The molecule has 6 nitrogen and oxygen atoms in total. The van der Waals surface area contributed by atoms with Gasteiger partial charge in [0.2, 0.25) is 15.9 Å². The van der Waals surface area contributed by atoms with Crippen molar-refractivity contribution in [1.29, 1.82) is 0 Å². The predicted octanol–water partition coefficient (Wildman–Crippen LogP) is 3.90. The van der Waals surface area contributed by atoms with Crippen LogP contribution in [0, 0.1) is 0 Å². The molecule has 0 heterocycles. The average molecular weight is 429 g/mol. The number of carbonyl (C=O) groups excluding carboxylic acids is 1. The molecular formula is C20H29ClN2O4S. The van der Waals surface area contributed by atoms with E-state index in [1.54, 1.807) is 18.2 Å². The molecule has 2 rings (SSSR count). The predicted molar refractivity (Wildman–Crippen MR) is 114 cm³/mol. The van der Waals surface area contributed by atoms with Crippen LogP contribution in [0.4, 0.5) is 5.69 Å². The SMILES string of the molecule is COc1ccc(N(CCCC(=O)NCCC2=CCCCC2)S(C)(=O)=O)cc1Cl. The third kappa shape index (κ3) is 7.02. The molecule has 1 aromatic carbocycles. The summed E-state index contributed by atoms with van der Waals surface area (Å²) in [6, 6.07) is 4.83. The van der Waals surface area contributed by atoms with Gasteiger partial charge in [0, 0.05) is 19.5 Å². The zero-order valence-electron chi connectivity index (χ0n) is 16.5. The second-order valence-corrected chi connectivity index (χ2v) is 9.28. The molecule has 0 saturated carbocycles. The first-order valence-electron chi connectivity index (χ1n) is 9.57. The monoisotopic (exact) mass is 428 g/mol. The molecule has 1 amide bonds. The van der Waals surface area contributed by atoms with Crippen LogP contribution in [0.3, 0.4) is 0 Å². The first kappa shape index (κ1) is 22.6. The van der Waals surface area contributed by atoms with Gasteiger partial charge in [-0.1, -0.05) is 23.3 Å². The third-order valence-electron chi connectivity index (χ3n) is 4.74. The molecule has 1 aliphatic carbocycles. The Morgan fingerprint density at radius 1 is 1.32 bits per heavy atom. The number of nitrogens with zero attached hydrogens (tertiary/aromatic N) is 1. The largest absolute Gasteiger partial charge is 0.495 e. The smallest absolute Gasteiger partial charge is 0.232 e. The Hall–Kier alpha value is -1.73. The van der Waals surface area contributed by atoms with Gasteiger partial charge < -0.3 is 10.1 Å². The van der Waals surface area contributed by atoms with Gasteiger partial charge in [-0.2, -0.15) is 0 Å². The van der Waals surface area contributed by atoms with Gasteiger partial charge in [-0.05, 0) is 56.7 Å². The number of allylic oxidation sites excluding steroid dienone is 1. The molecule has 0 unspecified atom stereocenters. The van der Waals surface area contributed by atoms with E-state index in [0.29, 0.717) is 29.4 Å². The van der Waals surface area contributed by atoms with Crippen molar-refractivity contribution in [3.05, 3.63) is 34.9 Å². The summed E-state index contributed by atoms with van der Waals surface area (Å²) in [6.45, 7) is 0.842. The first-order chi connectivity index (χ1) is 13.3. The number of hydrogen-bond donors (Lipinski definition) is 1. The summed E-state index contributed by atoms with van der Waals surface area (Å²) in [7, 11) is -1.99. The number of benzene rings is 1. The number of amides is 1. The van der Waals surface area contributed by atoms with Gasteiger partial charge >= 0.3 is 0 Å². The van der Waals surface area contributed by atoms with Crippen LogP contribution in [0.25, 0.3) is 0 Å². The molecule has 0 atom stereocenters. The minimum Gasteiger partial charge on any atom is -0.495 e. The van der Waals surface area contributed by atoms with Gasteiger partial charge in [0.25, 0.3) is 0 Å². The number of nitrogens with one attached hydrogen (secondary N) is 1. The van der Waals surface area contributed by atoms with Gasteiger partial charge in [0.1, 0.15) is 5.75 Å². The van der Waals surface area contributed by atoms with Crippen molar-refractivity contribution in [1.82, 2.24) is 5.32 Å². The van der Waals surface area contributed by atoms with Crippen molar-refractivity contribution in [3.8, 4) is 5.75 Å². The van der Waals surface area contributed by atoms with E-state index in [1.807, 2.05) is 0 Å². The molecule has 8 heteroatoms. The van der Waals surface area contributed by atoms with Crippen molar-refractivity contribution in [3.63, 3.8) is 0 Å². The number of anilines is 1. The summed E-state index contributed by atoms with van der Waals surface area (Å²) >= 11 is 6.11. The highest BCUT2D eigenvalue weighted by atomic mass is 35.5. The second kappa shape index (κ2) is 10.7. The van der Waals surface area contributed by atoms with Crippen LogP contribution in [0.5, 0.6) is 5.75 Å².